The van der Waals surface area contributed by atoms with Gasteiger partial charge >= 0.3 is 0 Å². The zero-order chi connectivity index (χ0) is 11.1. The summed E-state index contributed by atoms with van der Waals surface area (Å²) in [4.78, 5) is 4.39. The number of rotatable bonds is 3. The number of nitrogens with one attached hydrogen (secondary N) is 2. The van der Waals surface area contributed by atoms with Crippen molar-refractivity contribution in [1.82, 2.24) is 15.2 Å². The van der Waals surface area contributed by atoms with E-state index in [2.05, 4.69) is 33.5 Å². The predicted octanol–water partition coefficient (Wildman–Crippen LogP) is 2.40. The van der Waals surface area contributed by atoms with E-state index >= 15 is 0 Å². The summed E-state index contributed by atoms with van der Waals surface area (Å²) < 4.78 is 0. The number of pyridine rings is 1. The number of allylic oxidation sites excluding steroid dienone is 1. The molecule has 0 bridgehead atoms. The summed E-state index contributed by atoms with van der Waals surface area (Å²) in [6.45, 7) is 4.18. The van der Waals surface area contributed by atoms with Crippen LogP contribution in [0.4, 0.5) is 5.82 Å². The number of hydrogen-bond donors (Lipinski definition) is 2. The van der Waals surface area contributed by atoms with Gasteiger partial charge in [-0.2, -0.15) is 5.10 Å². The molecule has 4 heteroatoms. The van der Waals surface area contributed by atoms with Crippen molar-refractivity contribution in [2.24, 2.45) is 0 Å². The Hall–Kier alpha value is -1.84. The Morgan fingerprint density at radius 1 is 1.50 bits per heavy atom. The molecule has 0 aliphatic heterocycles. The minimum atomic E-state index is 0.368. The number of H-pyrrole nitrogens is 1. The first-order chi connectivity index (χ1) is 7.75. The standard InChI is InChI=1S/C12H14N4/c1-7(9-3-4-9)14-12-11-8(2)15-16-10(11)5-6-13-12/h3,5-7H,4H2,1-2H3,(H,13,14)(H,15,16). The normalized spacial score (nSPS) is 16.0. The van der Waals surface area contributed by atoms with Crippen molar-refractivity contribution < 1.29 is 0 Å². The fraction of sp³-hybridized carbons (Fsp3) is 0.333. The van der Waals surface area contributed by atoms with Crippen molar-refractivity contribution in [3.63, 3.8) is 0 Å². The average molecular weight is 214 g/mol. The first-order valence-corrected chi connectivity index (χ1v) is 5.51. The average Bonchev–Trinajstić information content (AvgIpc) is 3.05. The summed E-state index contributed by atoms with van der Waals surface area (Å²) in [6, 6.07) is 2.29. The van der Waals surface area contributed by atoms with Gasteiger partial charge in [-0.1, -0.05) is 6.08 Å². The van der Waals surface area contributed by atoms with Crippen LogP contribution in [-0.4, -0.2) is 21.2 Å². The number of aryl methyl sites for hydroxylation is 1. The maximum Gasteiger partial charge on any atom is 0.137 e. The molecule has 1 aliphatic carbocycles. The van der Waals surface area contributed by atoms with Gasteiger partial charge in [-0.05, 0) is 31.9 Å². The lowest BCUT2D eigenvalue weighted by molar-refractivity contribution is 0.944. The summed E-state index contributed by atoms with van der Waals surface area (Å²) in [5.41, 5.74) is 3.48. The van der Waals surface area contributed by atoms with Crippen LogP contribution in [0.5, 0.6) is 0 Å². The molecule has 0 aromatic carbocycles. The van der Waals surface area contributed by atoms with Crippen LogP contribution in [0, 0.1) is 6.92 Å². The van der Waals surface area contributed by atoms with E-state index in [4.69, 9.17) is 0 Å². The molecule has 2 heterocycles. The maximum atomic E-state index is 4.39. The molecule has 0 radical (unpaired) electrons. The Morgan fingerprint density at radius 3 is 3.06 bits per heavy atom. The predicted molar refractivity (Wildman–Crippen MR) is 64.4 cm³/mol. The topological polar surface area (TPSA) is 53.6 Å². The Balaban J connectivity index is 2.01. The van der Waals surface area contributed by atoms with Crippen molar-refractivity contribution in [2.75, 3.05) is 5.32 Å². The van der Waals surface area contributed by atoms with Gasteiger partial charge in [0.1, 0.15) is 5.82 Å². The third kappa shape index (κ3) is 1.46. The van der Waals surface area contributed by atoms with E-state index in [1.54, 1.807) is 6.20 Å². The molecule has 3 rings (SSSR count). The van der Waals surface area contributed by atoms with Crippen LogP contribution >= 0.6 is 0 Å². The van der Waals surface area contributed by atoms with E-state index in [-0.39, 0.29) is 0 Å². The van der Waals surface area contributed by atoms with Crippen molar-refractivity contribution in [2.45, 2.75) is 26.3 Å². The fourth-order valence-electron chi connectivity index (χ4n) is 1.93. The number of fused-ring (bicyclic) bond motifs is 1. The SMILES string of the molecule is Cc1[nH]nc2ccnc(NC(C)C3=CC3)c12. The van der Waals surface area contributed by atoms with Gasteiger partial charge in [-0.15, -0.1) is 0 Å². The van der Waals surface area contributed by atoms with Crippen LogP contribution in [0.25, 0.3) is 10.9 Å². The first-order valence-electron chi connectivity index (χ1n) is 5.51. The zero-order valence-electron chi connectivity index (χ0n) is 9.41. The van der Waals surface area contributed by atoms with Crippen LogP contribution in [0.15, 0.2) is 23.9 Å². The van der Waals surface area contributed by atoms with Gasteiger partial charge in [0.25, 0.3) is 0 Å². The highest BCUT2D eigenvalue weighted by atomic mass is 15.1. The second-order valence-corrected chi connectivity index (χ2v) is 4.25. The van der Waals surface area contributed by atoms with Gasteiger partial charge in [-0.3, -0.25) is 5.10 Å². The van der Waals surface area contributed by atoms with E-state index in [0.717, 1.165) is 28.8 Å². The molecular weight excluding hydrogens is 200 g/mol. The molecule has 0 fully saturated rings. The molecular formula is C12H14N4. The third-order valence-electron chi connectivity index (χ3n) is 3.00. The summed E-state index contributed by atoms with van der Waals surface area (Å²) >= 11 is 0. The lowest BCUT2D eigenvalue weighted by Crippen LogP contribution is -2.14. The van der Waals surface area contributed by atoms with Crippen LogP contribution < -0.4 is 5.32 Å². The van der Waals surface area contributed by atoms with Crippen LogP contribution in [0.1, 0.15) is 19.0 Å². The van der Waals surface area contributed by atoms with E-state index in [1.165, 1.54) is 5.57 Å². The monoisotopic (exact) mass is 214 g/mol. The quantitative estimate of drug-likeness (QED) is 0.771. The minimum absolute atomic E-state index is 0.368. The molecule has 82 valence electrons. The first kappa shape index (κ1) is 9.39. The highest BCUT2D eigenvalue weighted by Gasteiger charge is 2.17. The number of aromatic nitrogens is 3. The molecule has 1 aliphatic rings. The van der Waals surface area contributed by atoms with Crippen molar-refractivity contribution in [1.29, 1.82) is 0 Å². The second kappa shape index (κ2) is 3.33. The van der Waals surface area contributed by atoms with Gasteiger partial charge < -0.3 is 5.32 Å². The molecule has 1 unspecified atom stereocenters. The van der Waals surface area contributed by atoms with Gasteiger partial charge in [0, 0.05) is 17.9 Å². The fourth-order valence-corrected chi connectivity index (χ4v) is 1.93. The van der Waals surface area contributed by atoms with Crippen LogP contribution in [0.3, 0.4) is 0 Å². The Kier molecular flexibility index (Phi) is 1.96. The van der Waals surface area contributed by atoms with Gasteiger partial charge in [0.2, 0.25) is 0 Å². The number of aromatic amines is 1. The summed E-state index contributed by atoms with van der Waals surface area (Å²) in [5, 5.41) is 11.7. The summed E-state index contributed by atoms with van der Waals surface area (Å²) in [6.07, 6.45) is 5.16. The minimum Gasteiger partial charge on any atom is -0.363 e. The smallest absolute Gasteiger partial charge is 0.137 e. The Morgan fingerprint density at radius 2 is 2.31 bits per heavy atom. The van der Waals surface area contributed by atoms with Gasteiger partial charge in [0.15, 0.2) is 0 Å². The second-order valence-electron chi connectivity index (χ2n) is 4.25. The lowest BCUT2D eigenvalue weighted by atomic mass is 10.2. The van der Waals surface area contributed by atoms with Crippen molar-refractivity contribution in [3.05, 3.63) is 29.6 Å². The third-order valence-corrected chi connectivity index (χ3v) is 3.00. The van der Waals surface area contributed by atoms with Gasteiger partial charge in [-0.25, -0.2) is 4.98 Å². The van der Waals surface area contributed by atoms with E-state index in [9.17, 15) is 0 Å². The molecule has 0 spiro atoms. The molecule has 2 aromatic heterocycles. The molecule has 4 nitrogen and oxygen atoms in total. The molecule has 0 saturated heterocycles. The van der Waals surface area contributed by atoms with Crippen molar-refractivity contribution >= 4 is 16.7 Å². The number of nitrogens with zero attached hydrogens (tertiary/aromatic N) is 2. The van der Waals surface area contributed by atoms with Crippen LogP contribution in [0.2, 0.25) is 0 Å². The lowest BCUT2D eigenvalue weighted by Gasteiger charge is -2.12. The highest BCUT2D eigenvalue weighted by Crippen LogP contribution is 2.28. The highest BCUT2D eigenvalue weighted by molar-refractivity contribution is 5.91. The van der Waals surface area contributed by atoms with Crippen LogP contribution in [-0.2, 0) is 0 Å². The molecule has 1 atom stereocenters. The molecule has 2 N–H and O–H groups in total. The maximum absolute atomic E-state index is 4.39. The van der Waals surface area contributed by atoms with Crippen molar-refractivity contribution in [3.8, 4) is 0 Å². The molecule has 0 amide bonds. The Bertz CT molecular complexity index is 567. The molecule has 2 aromatic rings. The molecule has 16 heavy (non-hydrogen) atoms. The Labute approximate surface area is 93.8 Å². The van der Waals surface area contributed by atoms with E-state index < -0.39 is 0 Å². The molecule has 0 saturated carbocycles. The largest absolute Gasteiger partial charge is 0.363 e. The van der Waals surface area contributed by atoms with E-state index in [1.807, 2.05) is 13.0 Å². The van der Waals surface area contributed by atoms with Gasteiger partial charge in [0.05, 0.1) is 10.9 Å². The summed E-state index contributed by atoms with van der Waals surface area (Å²) in [7, 11) is 0. The van der Waals surface area contributed by atoms with E-state index in [0.29, 0.717) is 6.04 Å². The zero-order valence-corrected chi connectivity index (χ0v) is 9.41. The number of hydrogen-bond acceptors (Lipinski definition) is 3. The number of anilines is 1. The summed E-state index contributed by atoms with van der Waals surface area (Å²) in [5.74, 6) is 0.920.